The molecule has 0 saturated carbocycles. The molecule has 2 nitrogen and oxygen atoms in total. The van der Waals surface area contributed by atoms with Gasteiger partial charge < -0.3 is 4.98 Å². The molecule has 0 bridgehead atoms. The first-order chi connectivity index (χ1) is 6.70. The molecule has 1 aromatic carbocycles. The van der Waals surface area contributed by atoms with E-state index >= 15 is 0 Å². The molecule has 3 heteroatoms. The van der Waals surface area contributed by atoms with Crippen molar-refractivity contribution in [2.45, 2.75) is 13.3 Å². The number of halogens is 1. The fourth-order valence-corrected chi connectivity index (χ4v) is 1.83. The first-order valence-electron chi connectivity index (χ1n) is 4.52. The molecule has 14 heavy (non-hydrogen) atoms. The third-order valence-electron chi connectivity index (χ3n) is 2.23. The molecule has 0 amide bonds. The van der Waals surface area contributed by atoms with E-state index in [-0.39, 0.29) is 5.43 Å². The number of aromatic amines is 1. The second-order valence-corrected chi connectivity index (χ2v) is 4.12. The van der Waals surface area contributed by atoms with E-state index in [4.69, 9.17) is 0 Å². The van der Waals surface area contributed by atoms with Crippen LogP contribution >= 0.6 is 15.9 Å². The molecule has 1 heterocycles. The number of benzene rings is 1. The van der Waals surface area contributed by atoms with Gasteiger partial charge in [-0.2, -0.15) is 0 Å². The summed E-state index contributed by atoms with van der Waals surface area (Å²) in [5, 5.41) is 0.733. The molecule has 1 N–H and O–H groups in total. The molecule has 0 atom stereocenters. The van der Waals surface area contributed by atoms with Crippen molar-refractivity contribution < 1.29 is 0 Å². The van der Waals surface area contributed by atoms with Crippen molar-refractivity contribution >= 4 is 26.8 Å². The van der Waals surface area contributed by atoms with Crippen molar-refractivity contribution in [3.63, 3.8) is 0 Å². The Hall–Kier alpha value is -1.09. The third kappa shape index (κ3) is 1.60. The lowest BCUT2D eigenvalue weighted by Gasteiger charge is -2.01. The number of rotatable bonds is 1. The van der Waals surface area contributed by atoms with Gasteiger partial charge in [0, 0.05) is 27.1 Å². The van der Waals surface area contributed by atoms with Gasteiger partial charge >= 0.3 is 0 Å². The molecule has 0 aliphatic heterocycles. The fourth-order valence-electron chi connectivity index (χ4n) is 1.46. The Balaban J connectivity index is 2.83. The average molecular weight is 252 g/mol. The minimum absolute atomic E-state index is 0.0805. The van der Waals surface area contributed by atoms with E-state index in [1.165, 1.54) is 0 Å². The monoisotopic (exact) mass is 251 g/mol. The van der Waals surface area contributed by atoms with E-state index in [0.717, 1.165) is 27.5 Å². The Morgan fingerprint density at radius 3 is 2.86 bits per heavy atom. The standard InChI is InChI=1S/C11H10BrNO/c1-2-8-6-11(14)9-5-7(12)3-4-10(9)13-8/h3-6H,2H2,1H3,(H,13,14). The Kier molecular flexibility index (Phi) is 2.42. The lowest BCUT2D eigenvalue weighted by molar-refractivity contribution is 1.05. The van der Waals surface area contributed by atoms with Gasteiger partial charge in [-0.05, 0) is 24.6 Å². The van der Waals surface area contributed by atoms with Gasteiger partial charge in [0.1, 0.15) is 0 Å². The molecule has 0 aliphatic carbocycles. The highest BCUT2D eigenvalue weighted by Gasteiger charge is 2.00. The summed E-state index contributed by atoms with van der Waals surface area (Å²) < 4.78 is 0.930. The zero-order valence-corrected chi connectivity index (χ0v) is 9.39. The van der Waals surface area contributed by atoms with E-state index in [1.807, 2.05) is 25.1 Å². The van der Waals surface area contributed by atoms with Crippen LogP contribution in [0.1, 0.15) is 12.6 Å². The summed E-state index contributed by atoms with van der Waals surface area (Å²) in [4.78, 5) is 14.9. The van der Waals surface area contributed by atoms with Crippen LogP contribution in [0.25, 0.3) is 10.9 Å². The van der Waals surface area contributed by atoms with E-state index in [0.29, 0.717) is 0 Å². The minimum atomic E-state index is 0.0805. The molecule has 2 rings (SSSR count). The van der Waals surface area contributed by atoms with Crippen molar-refractivity contribution in [3.05, 3.63) is 44.7 Å². The summed E-state index contributed by atoms with van der Waals surface area (Å²) >= 11 is 3.35. The molecular weight excluding hydrogens is 242 g/mol. The Bertz CT molecular complexity index is 530. The summed E-state index contributed by atoms with van der Waals surface area (Å²) in [6.45, 7) is 2.02. The van der Waals surface area contributed by atoms with E-state index in [2.05, 4.69) is 20.9 Å². The maximum Gasteiger partial charge on any atom is 0.189 e. The van der Waals surface area contributed by atoms with Gasteiger partial charge in [-0.3, -0.25) is 4.79 Å². The predicted molar refractivity (Wildman–Crippen MR) is 61.6 cm³/mol. The summed E-state index contributed by atoms with van der Waals surface area (Å²) in [5.74, 6) is 0. The molecule has 1 aromatic heterocycles. The number of fused-ring (bicyclic) bond motifs is 1. The SMILES string of the molecule is CCc1cc(=O)c2cc(Br)ccc2[nH]1. The highest BCUT2D eigenvalue weighted by Crippen LogP contribution is 2.15. The van der Waals surface area contributed by atoms with Gasteiger partial charge in [0.25, 0.3) is 0 Å². The molecule has 0 spiro atoms. The van der Waals surface area contributed by atoms with Gasteiger partial charge in [-0.15, -0.1) is 0 Å². The number of pyridine rings is 1. The maximum absolute atomic E-state index is 11.7. The number of aryl methyl sites for hydroxylation is 1. The van der Waals surface area contributed by atoms with Gasteiger partial charge in [-0.25, -0.2) is 0 Å². The van der Waals surface area contributed by atoms with Crippen LogP contribution in [-0.4, -0.2) is 4.98 Å². The van der Waals surface area contributed by atoms with Gasteiger partial charge in [-0.1, -0.05) is 22.9 Å². The summed E-state index contributed by atoms with van der Waals surface area (Å²) in [7, 11) is 0. The highest BCUT2D eigenvalue weighted by molar-refractivity contribution is 9.10. The van der Waals surface area contributed by atoms with Gasteiger partial charge in [0.15, 0.2) is 5.43 Å². The Morgan fingerprint density at radius 2 is 2.14 bits per heavy atom. The number of H-pyrrole nitrogens is 1. The first kappa shape index (κ1) is 9.46. The molecular formula is C11H10BrNO. The van der Waals surface area contributed by atoms with Gasteiger partial charge in [0.2, 0.25) is 0 Å². The van der Waals surface area contributed by atoms with Crippen molar-refractivity contribution in [2.75, 3.05) is 0 Å². The highest BCUT2D eigenvalue weighted by atomic mass is 79.9. The zero-order chi connectivity index (χ0) is 10.1. The normalized spacial score (nSPS) is 10.7. The number of hydrogen-bond donors (Lipinski definition) is 1. The van der Waals surface area contributed by atoms with Crippen LogP contribution in [0, 0.1) is 0 Å². The zero-order valence-electron chi connectivity index (χ0n) is 7.80. The van der Waals surface area contributed by atoms with Crippen LogP contribution in [0.4, 0.5) is 0 Å². The lowest BCUT2D eigenvalue weighted by atomic mass is 10.2. The number of aromatic nitrogens is 1. The third-order valence-corrected chi connectivity index (χ3v) is 2.72. The van der Waals surface area contributed by atoms with Crippen LogP contribution in [0.15, 0.2) is 33.5 Å². The van der Waals surface area contributed by atoms with Crippen LogP contribution in [-0.2, 0) is 6.42 Å². The van der Waals surface area contributed by atoms with Crippen LogP contribution in [0.3, 0.4) is 0 Å². The summed E-state index contributed by atoms with van der Waals surface area (Å²) in [6, 6.07) is 7.35. The van der Waals surface area contributed by atoms with Crippen LogP contribution in [0.5, 0.6) is 0 Å². The first-order valence-corrected chi connectivity index (χ1v) is 5.31. The molecule has 0 saturated heterocycles. The largest absolute Gasteiger partial charge is 0.358 e. The fraction of sp³-hybridized carbons (Fsp3) is 0.182. The molecule has 0 aliphatic rings. The quantitative estimate of drug-likeness (QED) is 0.831. The van der Waals surface area contributed by atoms with Crippen LogP contribution in [0.2, 0.25) is 0 Å². The van der Waals surface area contributed by atoms with Crippen molar-refractivity contribution in [1.82, 2.24) is 4.98 Å². The van der Waals surface area contributed by atoms with E-state index in [9.17, 15) is 4.79 Å². The topological polar surface area (TPSA) is 32.9 Å². The second-order valence-electron chi connectivity index (χ2n) is 3.20. The molecule has 2 aromatic rings. The second kappa shape index (κ2) is 3.58. The number of hydrogen-bond acceptors (Lipinski definition) is 1. The summed E-state index contributed by atoms with van der Waals surface area (Å²) in [6.07, 6.45) is 0.848. The number of nitrogens with one attached hydrogen (secondary N) is 1. The Morgan fingerprint density at radius 1 is 1.36 bits per heavy atom. The van der Waals surface area contributed by atoms with E-state index < -0.39 is 0 Å². The van der Waals surface area contributed by atoms with Crippen molar-refractivity contribution in [3.8, 4) is 0 Å². The molecule has 72 valence electrons. The predicted octanol–water partition coefficient (Wildman–Crippen LogP) is 2.85. The maximum atomic E-state index is 11.7. The van der Waals surface area contributed by atoms with E-state index in [1.54, 1.807) is 6.07 Å². The lowest BCUT2D eigenvalue weighted by Crippen LogP contribution is -2.04. The minimum Gasteiger partial charge on any atom is -0.358 e. The Labute approximate surface area is 90.1 Å². The van der Waals surface area contributed by atoms with Crippen molar-refractivity contribution in [2.24, 2.45) is 0 Å². The van der Waals surface area contributed by atoms with Crippen LogP contribution < -0.4 is 5.43 Å². The average Bonchev–Trinajstić information content (AvgIpc) is 2.19. The van der Waals surface area contributed by atoms with Gasteiger partial charge in [0.05, 0.1) is 0 Å². The molecule has 0 unspecified atom stereocenters. The van der Waals surface area contributed by atoms with Crippen molar-refractivity contribution in [1.29, 1.82) is 0 Å². The smallest absolute Gasteiger partial charge is 0.189 e. The molecule has 0 fully saturated rings. The summed E-state index contributed by atoms with van der Waals surface area (Å²) in [5.41, 5.74) is 1.96. The molecule has 0 radical (unpaired) electrons.